The first-order valence-electron chi connectivity index (χ1n) is 4.82. The van der Waals surface area contributed by atoms with Crippen LogP contribution in [0.5, 0.6) is 0 Å². The molecule has 1 unspecified atom stereocenters. The minimum absolute atomic E-state index is 0.296. The molecule has 78 valence electrons. The smallest absolute Gasteiger partial charge is 0.217 e. The molecule has 3 nitrogen and oxygen atoms in total. The van der Waals surface area contributed by atoms with Crippen LogP contribution in [0.15, 0.2) is 12.4 Å². The minimum Gasteiger partial charge on any atom is -0.367 e. The summed E-state index contributed by atoms with van der Waals surface area (Å²) >= 11 is 0. The number of hydrogen-bond donors (Lipinski definition) is 1. The molecule has 0 fully saturated rings. The van der Waals surface area contributed by atoms with Gasteiger partial charge in [-0.15, -0.1) is 0 Å². The number of aromatic nitrogens is 2. The SMILES string of the molecule is CC(C)CC(C)Nc1cc(F)ncn1. The van der Waals surface area contributed by atoms with Crippen LogP contribution in [0.4, 0.5) is 10.2 Å². The molecule has 1 N–H and O–H groups in total. The Bertz CT molecular complexity index is 288. The van der Waals surface area contributed by atoms with Gasteiger partial charge in [-0.05, 0) is 19.3 Å². The summed E-state index contributed by atoms with van der Waals surface area (Å²) < 4.78 is 12.7. The highest BCUT2D eigenvalue weighted by atomic mass is 19.1. The van der Waals surface area contributed by atoms with Crippen LogP contribution < -0.4 is 5.32 Å². The maximum Gasteiger partial charge on any atom is 0.217 e. The van der Waals surface area contributed by atoms with Gasteiger partial charge in [-0.2, -0.15) is 4.39 Å². The summed E-state index contributed by atoms with van der Waals surface area (Å²) in [6.07, 6.45) is 2.26. The average molecular weight is 197 g/mol. The quantitative estimate of drug-likeness (QED) is 0.753. The topological polar surface area (TPSA) is 37.8 Å². The molecule has 1 rings (SSSR count). The van der Waals surface area contributed by atoms with Gasteiger partial charge in [0.1, 0.15) is 12.1 Å². The molecule has 1 atom stereocenters. The van der Waals surface area contributed by atoms with Crippen molar-refractivity contribution in [3.63, 3.8) is 0 Å². The van der Waals surface area contributed by atoms with Crippen molar-refractivity contribution in [3.8, 4) is 0 Å². The predicted molar refractivity (Wildman–Crippen MR) is 54.5 cm³/mol. The van der Waals surface area contributed by atoms with Gasteiger partial charge in [-0.25, -0.2) is 9.97 Å². The van der Waals surface area contributed by atoms with Gasteiger partial charge in [0.2, 0.25) is 5.95 Å². The number of rotatable bonds is 4. The van der Waals surface area contributed by atoms with Gasteiger partial charge in [-0.1, -0.05) is 13.8 Å². The molecule has 1 aromatic heterocycles. The zero-order chi connectivity index (χ0) is 10.6. The first kappa shape index (κ1) is 10.9. The van der Waals surface area contributed by atoms with E-state index in [0.717, 1.165) is 6.42 Å². The second kappa shape index (κ2) is 4.88. The second-order valence-corrected chi connectivity index (χ2v) is 3.90. The van der Waals surface area contributed by atoms with Gasteiger partial charge in [0, 0.05) is 12.1 Å². The highest BCUT2D eigenvalue weighted by Crippen LogP contribution is 2.10. The van der Waals surface area contributed by atoms with Crippen molar-refractivity contribution in [1.29, 1.82) is 0 Å². The zero-order valence-electron chi connectivity index (χ0n) is 8.79. The lowest BCUT2D eigenvalue weighted by Gasteiger charge is -2.15. The number of anilines is 1. The molecule has 0 bridgehead atoms. The highest BCUT2D eigenvalue weighted by molar-refractivity contribution is 5.33. The molecule has 0 amide bonds. The number of hydrogen-bond acceptors (Lipinski definition) is 3. The molecular formula is C10H16FN3. The van der Waals surface area contributed by atoms with Crippen molar-refractivity contribution in [2.24, 2.45) is 5.92 Å². The van der Waals surface area contributed by atoms with E-state index < -0.39 is 5.95 Å². The summed E-state index contributed by atoms with van der Waals surface area (Å²) in [4.78, 5) is 7.31. The predicted octanol–water partition coefficient (Wildman–Crippen LogP) is 2.46. The van der Waals surface area contributed by atoms with Gasteiger partial charge in [0.05, 0.1) is 0 Å². The molecule has 0 saturated carbocycles. The molecular weight excluding hydrogens is 181 g/mol. The average Bonchev–Trinajstić information content (AvgIpc) is 2.01. The van der Waals surface area contributed by atoms with Gasteiger partial charge in [0.25, 0.3) is 0 Å². The fraction of sp³-hybridized carbons (Fsp3) is 0.600. The van der Waals surface area contributed by atoms with Gasteiger partial charge in [0.15, 0.2) is 0 Å². The molecule has 1 aromatic rings. The number of nitrogens with zero attached hydrogens (tertiary/aromatic N) is 2. The number of nitrogens with one attached hydrogen (secondary N) is 1. The standard InChI is InChI=1S/C10H16FN3/c1-7(2)4-8(3)14-10-5-9(11)12-6-13-10/h5-8H,4H2,1-3H3,(H,12,13,14). The maximum absolute atomic E-state index is 12.7. The Morgan fingerprint density at radius 3 is 2.64 bits per heavy atom. The Morgan fingerprint density at radius 2 is 2.07 bits per heavy atom. The lowest BCUT2D eigenvalue weighted by atomic mass is 10.1. The molecule has 0 aliphatic heterocycles. The Labute approximate surface area is 83.8 Å². The van der Waals surface area contributed by atoms with Gasteiger partial charge in [-0.3, -0.25) is 0 Å². The summed E-state index contributed by atoms with van der Waals surface area (Å²) in [6, 6.07) is 1.60. The Hall–Kier alpha value is -1.19. The third-order valence-electron chi connectivity index (χ3n) is 1.85. The van der Waals surface area contributed by atoms with Crippen molar-refractivity contribution >= 4 is 5.82 Å². The third-order valence-corrected chi connectivity index (χ3v) is 1.85. The van der Waals surface area contributed by atoms with E-state index in [4.69, 9.17) is 0 Å². The molecule has 1 heterocycles. The first-order valence-corrected chi connectivity index (χ1v) is 4.82. The van der Waals surface area contributed by atoms with Crippen molar-refractivity contribution < 1.29 is 4.39 Å². The number of halogens is 1. The minimum atomic E-state index is -0.501. The van der Waals surface area contributed by atoms with Gasteiger partial charge >= 0.3 is 0 Å². The summed E-state index contributed by atoms with van der Waals surface area (Å²) in [5.41, 5.74) is 0. The normalized spacial score (nSPS) is 12.9. The summed E-state index contributed by atoms with van der Waals surface area (Å²) in [5.74, 6) is 0.661. The zero-order valence-corrected chi connectivity index (χ0v) is 8.79. The van der Waals surface area contributed by atoms with E-state index in [0.29, 0.717) is 17.8 Å². The van der Waals surface area contributed by atoms with E-state index in [1.807, 2.05) is 0 Å². The van der Waals surface area contributed by atoms with Crippen LogP contribution in [0, 0.1) is 11.9 Å². The van der Waals surface area contributed by atoms with Crippen LogP contribution >= 0.6 is 0 Å². The molecule has 0 saturated heterocycles. The van der Waals surface area contributed by atoms with Crippen LogP contribution in [0.2, 0.25) is 0 Å². The van der Waals surface area contributed by atoms with Crippen molar-refractivity contribution in [2.75, 3.05) is 5.32 Å². The van der Waals surface area contributed by atoms with Crippen LogP contribution in [-0.4, -0.2) is 16.0 Å². The Kier molecular flexibility index (Phi) is 3.80. The lowest BCUT2D eigenvalue weighted by molar-refractivity contribution is 0.537. The largest absolute Gasteiger partial charge is 0.367 e. The van der Waals surface area contributed by atoms with E-state index in [2.05, 4.69) is 36.1 Å². The Morgan fingerprint density at radius 1 is 1.36 bits per heavy atom. The lowest BCUT2D eigenvalue weighted by Crippen LogP contribution is -2.18. The fourth-order valence-corrected chi connectivity index (χ4v) is 1.43. The van der Waals surface area contributed by atoms with E-state index in [1.54, 1.807) is 0 Å². The highest BCUT2D eigenvalue weighted by Gasteiger charge is 2.05. The summed E-state index contributed by atoms with van der Waals surface area (Å²) in [7, 11) is 0. The van der Waals surface area contributed by atoms with Crippen LogP contribution in [0.3, 0.4) is 0 Å². The van der Waals surface area contributed by atoms with Crippen molar-refractivity contribution in [3.05, 3.63) is 18.3 Å². The summed E-state index contributed by atoms with van der Waals surface area (Å²) in [5, 5.41) is 3.12. The maximum atomic E-state index is 12.7. The van der Waals surface area contributed by atoms with E-state index >= 15 is 0 Å². The molecule has 0 aromatic carbocycles. The van der Waals surface area contributed by atoms with E-state index in [9.17, 15) is 4.39 Å². The van der Waals surface area contributed by atoms with Crippen LogP contribution in [0.1, 0.15) is 27.2 Å². The fourth-order valence-electron chi connectivity index (χ4n) is 1.43. The Balaban J connectivity index is 2.51. The molecule has 0 aliphatic carbocycles. The van der Waals surface area contributed by atoms with E-state index in [-0.39, 0.29) is 0 Å². The van der Waals surface area contributed by atoms with E-state index in [1.165, 1.54) is 12.4 Å². The van der Waals surface area contributed by atoms with Gasteiger partial charge < -0.3 is 5.32 Å². The second-order valence-electron chi connectivity index (χ2n) is 3.90. The first-order chi connectivity index (χ1) is 6.58. The van der Waals surface area contributed by atoms with Crippen LogP contribution in [0.25, 0.3) is 0 Å². The van der Waals surface area contributed by atoms with Crippen molar-refractivity contribution in [2.45, 2.75) is 33.2 Å². The van der Waals surface area contributed by atoms with Crippen molar-refractivity contribution in [1.82, 2.24) is 9.97 Å². The van der Waals surface area contributed by atoms with Crippen LogP contribution in [-0.2, 0) is 0 Å². The molecule has 0 radical (unpaired) electrons. The molecule has 14 heavy (non-hydrogen) atoms. The monoisotopic (exact) mass is 197 g/mol. The molecule has 0 aliphatic rings. The molecule has 4 heteroatoms. The third kappa shape index (κ3) is 3.68. The molecule has 0 spiro atoms. The summed E-state index contributed by atoms with van der Waals surface area (Å²) in [6.45, 7) is 6.36.